The van der Waals surface area contributed by atoms with Crippen molar-refractivity contribution in [2.45, 2.75) is 24.3 Å². The van der Waals surface area contributed by atoms with Gasteiger partial charge in [0, 0.05) is 31.1 Å². The molecule has 1 amide bonds. The smallest absolute Gasteiger partial charge is 0.220 e. The van der Waals surface area contributed by atoms with Gasteiger partial charge >= 0.3 is 0 Å². The predicted octanol–water partition coefficient (Wildman–Crippen LogP) is 2.45. The van der Waals surface area contributed by atoms with Crippen LogP contribution in [0.2, 0.25) is 0 Å². The summed E-state index contributed by atoms with van der Waals surface area (Å²) >= 11 is 1.71. The SMILES string of the molecule is CSc1cccc(CNC(=O)CC2CCOC2)c1. The minimum absolute atomic E-state index is 0.125. The van der Waals surface area contributed by atoms with E-state index in [1.54, 1.807) is 11.8 Å². The molecule has 0 bridgehead atoms. The second-order valence-electron chi connectivity index (χ2n) is 4.56. The molecule has 1 aliphatic rings. The standard InChI is InChI=1S/C14H19NO2S/c1-18-13-4-2-3-11(7-13)9-15-14(16)8-12-5-6-17-10-12/h2-4,7,12H,5-6,8-10H2,1H3,(H,15,16). The molecule has 2 rings (SSSR count). The molecule has 1 aliphatic heterocycles. The lowest BCUT2D eigenvalue weighted by Gasteiger charge is -2.09. The van der Waals surface area contributed by atoms with E-state index in [1.807, 2.05) is 12.1 Å². The number of hydrogen-bond acceptors (Lipinski definition) is 3. The van der Waals surface area contributed by atoms with Crippen molar-refractivity contribution in [1.82, 2.24) is 5.32 Å². The van der Waals surface area contributed by atoms with Gasteiger partial charge in [0.05, 0.1) is 0 Å². The fourth-order valence-electron chi connectivity index (χ4n) is 2.06. The van der Waals surface area contributed by atoms with Gasteiger partial charge in [-0.2, -0.15) is 0 Å². The van der Waals surface area contributed by atoms with Gasteiger partial charge in [-0.15, -0.1) is 11.8 Å². The first-order chi connectivity index (χ1) is 8.78. The number of carbonyl (C=O) groups excluding carboxylic acids is 1. The maximum atomic E-state index is 11.8. The summed E-state index contributed by atoms with van der Waals surface area (Å²) in [6.45, 7) is 2.14. The second kappa shape index (κ2) is 6.81. The molecule has 1 saturated heterocycles. The average molecular weight is 265 g/mol. The van der Waals surface area contributed by atoms with Gasteiger partial charge in [-0.1, -0.05) is 12.1 Å². The lowest BCUT2D eigenvalue weighted by atomic mass is 10.0. The highest BCUT2D eigenvalue weighted by molar-refractivity contribution is 7.98. The van der Waals surface area contributed by atoms with Crippen molar-refractivity contribution in [3.63, 3.8) is 0 Å². The molecular weight excluding hydrogens is 246 g/mol. The Morgan fingerprint density at radius 1 is 1.56 bits per heavy atom. The van der Waals surface area contributed by atoms with E-state index in [1.165, 1.54) is 4.90 Å². The number of carbonyl (C=O) groups is 1. The van der Waals surface area contributed by atoms with Crippen LogP contribution in [0.3, 0.4) is 0 Å². The summed E-state index contributed by atoms with van der Waals surface area (Å²) in [6, 6.07) is 8.26. The summed E-state index contributed by atoms with van der Waals surface area (Å²) < 4.78 is 5.27. The van der Waals surface area contributed by atoms with E-state index in [4.69, 9.17) is 4.74 Å². The number of amides is 1. The largest absolute Gasteiger partial charge is 0.381 e. The number of thioether (sulfide) groups is 1. The van der Waals surface area contributed by atoms with Crippen LogP contribution in [0.1, 0.15) is 18.4 Å². The predicted molar refractivity (Wildman–Crippen MR) is 73.6 cm³/mol. The fourth-order valence-corrected chi connectivity index (χ4v) is 2.55. The van der Waals surface area contributed by atoms with E-state index in [2.05, 4.69) is 23.7 Å². The van der Waals surface area contributed by atoms with Crippen molar-refractivity contribution in [2.75, 3.05) is 19.5 Å². The monoisotopic (exact) mass is 265 g/mol. The molecule has 18 heavy (non-hydrogen) atoms. The number of hydrogen-bond donors (Lipinski definition) is 1. The zero-order valence-electron chi connectivity index (χ0n) is 10.6. The van der Waals surface area contributed by atoms with Crippen LogP contribution in [0.25, 0.3) is 0 Å². The van der Waals surface area contributed by atoms with E-state index in [-0.39, 0.29) is 5.91 Å². The summed E-state index contributed by atoms with van der Waals surface area (Å²) in [6.07, 6.45) is 3.65. The molecule has 1 atom stereocenters. The summed E-state index contributed by atoms with van der Waals surface area (Å²) in [5.41, 5.74) is 1.15. The Kier molecular flexibility index (Phi) is 5.08. The average Bonchev–Trinajstić information content (AvgIpc) is 2.89. The van der Waals surface area contributed by atoms with Gasteiger partial charge in [-0.05, 0) is 36.3 Å². The molecule has 1 aromatic rings. The van der Waals surface area contributed by atoms with Crippen molar-refractivity contribution in [3.8, 4) is 0 Å². The van der Waals surface area contributed by atoms with Crippen LogP contribution in [-0.4, -0.2) is 25.4 Å². The minimum atomic E-state index is 0.125. The summed E-state index contributed by atoms with van der Waals surface area (Å²) in [4.78, 5) is 13.0. The quantitative estimate of drug-likeness (QED) is 0.831. The van der Waals surface area contributed by atoms with E-state index in [0.29, 0.717) is 18.9 Å². The molecule has 1 fully saturated rings. The Balaban J connectivity index is 1.77. The molecule has 1 heterocycles. The van der Waals surface area contributed by atoms with Crippen molar-refractivity contribution in [1.29, 1.82) is 0 Å². The van der Waals surface area contributed by atoms with E-state index < -0.39 is 0 Å². The van der Waals surface area contributed by atoms with E-state index in [0.717, 1.165) is 25.2 Å². The number of benzene rings is 1. The third kappa shape index (κ3) is 4.03. The zero-order valence-corrected chi connectivity index (χ0v) is 11.5. The molecule has 1 aromatic carbocycles. The van der Waals surface area contributed by atoms with Crippen molar-refractivity contribution in [2.24, 2.45) is 5.92 Å². The Labute approximate surface area is 112 Å². The van der Waals surface area contributed by atoms with Gasteiger partial charge in [-0.3, -0.25) is 4.79 Å². The zero-order chi connectivity index (χ0) is 12.8. The third-order valence-corrected chi connectivity index (χ3v) is 3.85. The van der Waals surface area contributed by atoms with Crippen molar-refractivity contribution >= 4 is 17.7 Å². The fraction of sp³-hybridized carbons (Fsp3) is 0.500. The minimum Gasteiger partial charge on any atom is -0.381 e. The molecule has 1 unspecified atom stereocenters. The van der Waals surface area contributed by atoms with Crippen LogP contribution in [-0.2, 0) is 16.1 Å². The van der Waals surface area contributed by atoms with Crippen molar-refractivity contribution < 1.29 is 9.53 Å². The van der Waals surface area contributed by atoms with Gasteiger partial charge < -0.3 is 10.1 Å². The molecule has 4 heteroatoms. The highest BCUT2D eigenvalue weighted by Crippen LogP contribution is 2.17. The molecule has 1 N–H and O–H groups in total. The lowest BCUT2D eigenvalue weighted by molar-refractivity contribution is -0.122. The van der Waals surface area contributed by atoms with Crippen molar-refractivity contribution in [3.05, 3.63) is 29.8 Å². The van der Waals surface area contributed by atoms with Crippen LogP contribution in [0, 0.1) is 5.92 Å². The molecule has 3 nitrogen and oxygen atoms in total. The maximum absolute atomic E-state index is 11.8. The van der Waals surface area contributed by atoms with Gasteiger partial charge in [0.15, 0.2) is 0 Å². The summed E-state index contributed by atoms with van der Waals surface area (Å²) in [5, 5.41) is 2.97. The van der Waals surface area contributed by atoms with Gasteiger partial charge in [-0.25, -0.2) is 0 Å². The highest BCUT2D eigenvalue weighted by Gasteiger charge is 2.18. The normalized spacial score (nSPS) is 18.8. The van der Waals surface area contributed by atoms with Crippen LogP contribution in [0.4, 0.5) is 0 Å². The van der Waals surface area contributed by atoms with Crippen LogP contribution in [0.15, 0.2) is 29.2 Å². The molecule has 0 aliphatic carbocycles. The molecular formula is C14H19NO2S. The Bertz CT molecular complexity index is 403. The molecule has 0 radical (unpaired) electrons. The maximum Gasteiger partial charge on any atom is 0.220 e. The van der Waals surface area contributed by atoms with Crippen LogP contribution in [0.5, 0.6) is 0 Å². The van der Waals surface area contributed by atoms with E-state index in [9.17, 15) is 4.79 Å². The molecule has 0 aromatic heterocycles. The molecule has 98 valence electrons. The Morgan fingerprint density at radius 2 is 2.44 bits per heavy atom. The van der Waals surface area contributed by atoms with Gasteiger partial charge in [0.25, 0.3) is 0 Å². The number of ether oxygens (including phenoxy) is 1. The molecule has 0 saturated carbocycles. The first-order valence-corrected chi connectivity index (χ1v) is 7.48. The highest BCUT2D eigenvalue weighted by atomic mass is 32.2. The summed E-state index contributed by atoms with van der Waals surface area (Å²) in [7, 11) is 0. The first-order valence-electron chi connectivity index (χ1n) is 6.25. The first kappa shape index (κ1) is 13.4. The lowest BCUT2D eigenvalue weighted by Crippen LogP contribution is -2.25. The van der Waals surface area contributed by atoms with Gasteiger partial charge in [0.2, 0.25) is 5.91 Å². The van der Waals surface area contributed by atoms with Crippen LogP contribution >= 0.6 is 11.8 Å². The van der Waals surface area contributed by atoms with Crippen LogP contribution < -0.4 is 5.32 Å². The number of rotatable bonds is 5. The van der Waals surface area contributed by atoms with E-state index >= 15 is 0 Å². The third-order valence-electron chi connectivity index (χ3n) is 3.12. The molecule has 0 spiro atoms. The Morgan fingerprint density at radius 3 is 3.17 bits per heavy atom. The Hall–Kier alpha value is -1.00. The topological polar surface area (TPSA) is 38.3 Å². The summed E-state index contributed by atoms with van der Waals surface area (Å²) in [5.74, 6) is 0.530. The second-order valence-corrected chi connectivity index (χ2v) is 5.44. The number of nitrogens with one attached hydrogen (secondary N) is 1. The van der Waals surface area contributed by atoms with Gasteiger partial charge in [0.1, 0.15) is 0 Å².